The van der Waals surface area contributed by atoms with Crippen LogP contribution >= 0.6 is 11.6 Å². The number of carbonyl (C=O) groups excluding carboxylic acids is 1. The number of fused-ring (bicyclic) bond motifs is 2. The fraction of sp³-hybridized carbons (Fsp3) is 0.308. The van der Waals surface area contributed by atoms with Gasteiger partial charge in [-0.1, -0.05) is 36.4 Å². The maximum Gasteiger partial charge on any atom is 0.290 e. The quantitative estimate of drug-likeness (QED) is 0.312. The van der Waals surface area contributed by atoms with Gasteiger partial charge in [0.25, 0.3) is 5.91 Å². The van der Waals surface area contributed by atoms with Gasteiger partial charge in [0.1, 0.15) is 17.9 Å². The zero-order valence-electron chi connectivity index (χ0n) is 18.7. The minimum Gasteiger partial charge on any atom is -0.490 e. The fourth-order valence-electron chi connectivity index (χ4n) is 4.05. The molecule has 0 aliphatic carbocycles. The van der Waals surface area contributed by atoms with Crippen LogP contribution in [0, 0.1) is 0 Å². The predicted molar refractivity (Wildman–Crippen MR) is 128 cm³/mol. The molecule has 33 heavy (non-hydrogen) atoms. The molecule has 0 spiro atoms. The smallest absolute Gasteiger partial charge is 0.290 e. The lowest BCUT2D eigenvalue weighted by molar-refractivity contribution is 0.0593. The summed E-state index contributed by atoms with van der Waals surface area (Å²) >= 11 is 6.14. The molecule has 2 heterocycles. The summed E-state index contributed by atoms with van der Waals surface area (Å²) < 4.78 is 17.3. The molecule has 0 N–H and O–H groups in total. The molecule has 0 saturated carbocycles. The summed E-state index contributed by atoms with van der Waals surface area (Å²) in [6.07, 6.45) is 2.39. The van der Waals surface area contributed by atoms with Gasteiger partial charge in [-0.2, -0.15) is 0 Å². The number of hydrogen-bond acceptors (Lipinski definition) is 5. The Hall–Kier alpha value is -3.09. The molecule has 1 amide bonds. The van der Waals surface area contributed by atoms with Crippen LogP contribution < -0.4 is 10.2 Å². The molecule has 0 saturated heterocycles. The molecule has 6 nitrogen and oxygen atoms in total. The van der Waals surface area contributed by atoms with E-state index in [9.17, 15) is 9.59 Å². The van der Waals surface area contributed by atoms with Crippen molar-refractivity contribution in [2.24, 2.45) is 0 Å². The number of benzene rings is 2. The van der Waals surface area contributed by atoms with Crippen molar-refractivity contribution in [2.75, 3.05) is 19.8 Å². The maximum atomic E-state index is 13.6. The second kappa shape index (κ2) is 9.81. The zero-order valence-corrected chi connectivity index (χ0v) is 19.4. The van der Waals surface area contributed by atoms with Gasteiger partial charge in [0.05, 0.1) is 23.1 Å². The number of ether oxygens (including phenoxy) is 2. The van der Waals surface area contributed by atoms with Crippen molar-refractivity contribution in [2.45, 2.75) is 32.4 Å². The Morgan fingerprint density at radius 1 is 1.21 bits per heavy atom. The number of halogens is 1. The lowest BCUT2D eigenvalue weighted by Gasteiger charge is -2.25. The van der Waals surface area contributed by atoms with E-state index in [0.29, 0.717) is 53.5 Å². The van der Waals surface area contributed by atoms with Crippen LogP contribution in [0.2, 0.25) is 5.02 Å². The summed E-state index contributed by atoms with van der Waals surface area (Å²) in [5.74, 6) is 0.387. The van der Waals surface area contributed by atoms with Gasteiger partial charge in [0.2, 0.25) is 5.76 Å². The van der Waals surface area contributed by atoms with E-state index in [1.807, 2.05) is 38.1 Å². The average molecular weight is 468 g/mol. The second-order valence-corrected chi connectivity index (χ2v) is 8.60. The molecular formula is C26H26ClNO5. The van der Waals surface area contributed by atoms with Crippen molar-refractivity contribution in [1.82, 2.24) is 4.90 Å². The number of carbonyl (C=O) groups is 1. The molecule has 4 rings (SSSR count). The van der Waals surface area contributed by atoms with Gasteiger partial charge in [-0.25, -0.2) is 0 Å². The predicted octanol–water partition coefficient (Wildman–Crippen LogP) is 5.37. The molecule has 1 unspecified atom stereocenters. The van der Waals surface area contributed by atoms with Crippen LogP contribution in [0.4, 0.5) is 0 Å². The molecular weight excluding hydrogens is 442 g/mol. The number of amides is 1. The van der Waals surface area contributed by atoms with E-state index in [1.54, 1.807) is 29.2 Å². The lowest BCUT2D eigenvalue weighted by Crippen LogP contribution is -2.31. The van der Waals surface area contributed by atoms with Crippen molar-refractivity contribution in [1.29, 1.82) is 0 Å². The largest absolute Gasteiger partial charge is 0.490 e. The fourth-order valence-corrected chi connectivity index (χ4v) is 4.23. The van der Waals surface area contributed by atoms with Crippen LogP contribution in [0.15, 0.2) is 64.3 Å². The Morgan fingerprint density at radius 3 is 2.79 bits per heavy atom. The van der Waals surface area contributed by atoms with Crippen LogP contribution in [-0.2, 0) is 4.74 Å². The first-order chi connectivity index (χ1) is 15.9. The van der Waals surface area contributed by atoms with Crippen molar-refractivity contribution in [3.63, 3.8) is 0 Å². The van der Waals surface area contributed by atoms with Gasteiger partial charge in [-0.3, -0.25) is 9.59 Å². The molecule has 1 aliphatic heterocycles. The van der Waals surface area contributed by atoms with Crippen LogP contribution in [0.25, 0.3) is 11.0 Å². The molecule has 7 heteroatoms. The highest BCUT2D eigenvalue weighted by Crippen LogP contribution is 2.39. The average Bonchev–Trinajstić information content (AvgIpc) is 3.08. The normalized spacial score (nSPS) is 15.3. The molecule has 1 aromatic heterocycles. The Morgan fingerprint density at radius 2 is 2.03 bits per heavy atom. The third-order valence-corrected chi connectivity index (χ3v) is 5.70. The van der Waals surface area contributed by atoms with E-state index < -0.39 is 6.04 Å². The summed E-state index contributed by atoms with van der Waals surface area (Å²) in [6.45, 7) is 8.88. The Bertz CT molecular complexity index is 1250. The number of hydrogen-bond donors (Lipinski definition) is 0. The highest BCUT2D eigenvalue weighted by Gasteiger charge is 2.42. The van der Waals surface area contributed by atoms with Crippen molar-refractivity contribution in [3.8, 4) is 5.75 Å². The standard InChI is InChI=1S/C26H26ClNO5/c1-4-12-32-19-8-5-7-17(14-19)23-22-24(29)20-15-18(27)9-10-21(20)33-25(22)26(30)28(23)11-6-13-31-16(2)3/h4-5,7-10,14-16,23H,1,6,11-13H2,2-3H3. The lowest BCUT2D eigenvalue weighted by atomic mass is 9.98. The van der Waals surface area contributed by atoms with Crippen LogP contribution in [0.3, 0.4) is 0 Å². The SMILES string of the molecule is C=CCOc1cccc(C2c3c(oc4ccc(Cl)cc4c3=O)C(=O)N2CCCOC(C)C)c1. The molecule has 2 aromatic carbocycles. The van der Waals surface area contributed by atoms with Crippen molar-refractivity contribution < 1.29 is 18.7 Å². The third kappa shape index (κ3) is 4.68. The van der Waals surface area contributed by atoms with Crippen molar-refractivity contribution >= 4 is 28.5 Å². The zero-order chi connectivity index (χ0) is 23.5. The second-order valence-electron chi connectivity index (χ2n) is 8.16. The van der Waals surface area contributed by atoms with E-state index in [2.05, 4.69) is 6.58 Å². The minimum atomic E-state index is -0.599. The van der Waals surface area contributed by atoms with Crippen LogP contribution in [-0.4, -0.2) is 36.7 Å². The summed E-state index contributed by atoms with van der Waals surface area (Å²) in [5.41, 5.74) is 1.16. The highest BCUT2D eigenvalue weighted by atomic mass is 35.5. The molecule has 172 valence electrons. The molecule has 1 aliphatic rings. The summed E-state index contributed by atoms with van der Waals surface area (Å²) in [5, 5.41) is 0.779. The minimum absolute atomic E-state index is 0.0713. The molecule has 0 fully saturated rings. The first kappa shape index (κ1) is 23.1. The van der Waals surface area contributed by atoms with Gasteiger partial charge < -0.3 is 18.8 Å². The van der Waals surface area contributed by atoms with E-state index in [-0.39, 0.29) is 23.2 Å². The van der Waals surface area contributed by atoms with Crippen LogP contribution in [0.1, 0.15) is 48.0 Å². The maximum absolute atomic E-state index is 13.6. The Balaban J connectivity index is 1.80. The molecule has 0 radical (unpaired) electrons. The van der Waals surface area contributed by atoms with Gasteiger partial charge >= 0.3 is 0 Å². The van der Waals surface area contributed by atoms with E-state index in [0.717, 1.165) is 5.56 Å². The number of nitrogens with zero attached hydrogens (tertiary/aromatic N) is 1. The first-order valence-corrected chi connectivity index (χ1v) is 11.3. The number of rotatable bonds is 9. The highest BCUT2D eigenvalue weighted by molar-refractivity contribution is 6.31. The van der Waals surface area contributed by atoms with E-state index in [1.165, 1.54) is 0 Å². The topological polar surface area (TPSA) is 69.0 Å². The Labute approximate surface area is 197 Å². The van der Waals surface area contributed by atoms with Crippen LogP contribution in [0.5, 0.6) is 5.75 Å². The van der Waals surface area contributed by atoms with Gasteiger partial charge in [-0.15, -0.1) is 0 Å². The van der Waals surface area contributed by atoms with E-state index in [4.69, 9.17) is 25.5 Å². The first-order valence-electron chi connectivity index (χ1n) is 10.9. The molecule has 1 atom stereocenters. The summed E-state index contributed by atoms with van der Waals surface area (Å²) in [7, 11) is 0. The molecule has 3 aromatic rings. The van der Waals surface area contributed by atoms with E-state index >= 15 is 0 Å². The third-order valence-electron chi connectivity index (χ3n) is 5.46. The summed E-state index contributed by atoms with van der Waals surface area (Å²) in [6, 6.07) is 11.6. The van der Waals surface area contributed by atoms with Gasteiger partial charge in [-0.05, 0) is 56.2 Å². The Kier molecular flexibility index (Phi) is 6.86. The monoisotopic (exact) mass is 467 g/mol. The summed E-state index contributed by atoms with van der Waals surface area (Å²) in [4.78, 5) is 28.6. The van der Waals surface area contributed by atoms with Gasteiger partial charge in [0, 0.05) is 18.2 Å². The van der Waals surface area contributed by atoms with Crippen molar-refractivity contribution in [3.05, 3.63) is 87.3 Å². The van der Waals surface area contributed by atoms with Gasteiger partial charge in [0.15, 0.2) is 5.43 Å². The molecule has 0 bridgehead atoms.